The van der Waals surface area contributed by atoms with Crippen molar-refractivity contribution in [3.05, 3.63) is 18.2 Å². The lowest BCUT2D eigenvalue weighted by molar-refractivity contribution is 0.169. The van der Waals surface area contributed by atoms with Gasteiger partial charge in [0, 0.05) is 6.54 Å². The summed E-state index contributed by atoms with van der Waals surface area (Å²) in [6, 6.07) is 5.81. The minimum absolute atomic E-state index is 0.246. The fraction of sp³-hybridized carbons (Fsp3) is 0.455. The van der Waals surface area contributed by atoms with Crippen LogP contribution < -0.4 is 10.1 Å². The lowest BCUT2D eigenvalue weighted by Crippen LogP contribution is -2.37. The van der Waals surface area contributed by atoms with Crippen molar-refractivity contribution in [2.45, 2.75) is 18.9 Å². The van der Waals surface area contributed by atoms with Gasteiger partial charge in [0.1, 0.15) is 17.4 Å². The molecule has 5 heteroatoms. The molecule has 2 aromatic rings. The molecule has 0 amide bonds. The van der Waals surface area contributed by atoms with Crippen molar-refractivity contribution in [1.82, 2.24) is 20.7 Å². The average molecular weight is 218 g/mol. The van der Waals surface area contributed by atoms with Gasteiger partial charge in [-0.25, -0.2) is 0 Å². The molecule has 0 spiro atoms. The Kier molecular flexibility index (Phi) is 2.46. The van der Waals surface area contributed by atoms with E-state index in [2.05, 4.69) is 20.7 Å². The molecule has 1 aromatic heterocycles. The van der Waals surface area contributed by atoms with E-state index in [0.29, 0.717) is 0 Å². The Morgan fingerprint density at radius 1 is 1.31 bits per heavy atom. The summed E-state index contributed by atoms with van der Waals surface area (Å²) in [6.45, 7) is 2.00. The number of para-hydroxylation sites is 1. The van der Waals surface area contributed by atoms with Crippen molar-refractivity contribution in [1.29, 1.82) is 0 Å². The number of ether oxygens (including phenoxy) is 1. The molecule has 16 heavy (non-hydrogen) atoms. The molecule has 0 bridgehead atoms. The SMILES string of the molecule is c1cc(OC2CCCNC2)c2n[nH]nc2c1. The fourth-order valence-electron chi connectivity index (χ4n) is 2.04. The molecule has 0 aliphatic carbocycles. The Balaban J connectivity index is 1.85. The molecule has 1 aliphatic heterocycles. The maximum atomic E-state index is 5.94. The lowest BCUT2D eigenvalue weighted by atomic mass is 10.1. The first kappa shape index (κ1) is 9.59. The summed E-state index contributed by atoms with van der Waals surface area (Å²) in [5.74, 6) is 0.819. The summed E-state index contributed by atoms with van der Waals surface area (Å²) in [4.78, 5) is 0. The second-order valence-corrected chi connectivity index (χ2v) is 4.03. The monoisotopic (exact) mass is 218 g/mol. The number of hydrogen-bond acceptors (Lipinski definition) is 4. The zero-order chi connectivity index (χ0) is 10.8. The molecule has 1 atom stereocenters. The number of piperidine rings is 1. The molecule has 1 aliphatic rings. The first-order valence-electron chi connectivity index (χ1n) is 5.60. The molecule has 3 rings (SSSR count). The van der Waals surface area contributed by atoms with E-state index < -0.39 is 0 Å². The fourth-order valence-corrected chi connectivity index (χ4v) is 2.04. The van der Waals surface area contributed by atoms with Crippen LogP contribution in [0.3, 0.4) is 0 Å². The van der Waals surface area contributed by atoms with Crippen molar-refractivity contribution in [3.63, 3.8) is 0 Å². The van der Waals surface area contributed by atoms with Crippen molar-refractivity contribution >= 4 is 11.0 Å². The first-order valence-corrected chi connectivity index (χ1v) is 5.60. The molecule has 1 fully saturated rings. The molecule has 1 unspecified atom stereocenters. The van der Waals surface area contributed by atoms with Crippen molar-refractivity contribution in [3.8, 4) is 5.75 Å². The van der Waals surface area contributed by atoms with E-state index in [1.165, 1.54) is 6.42 Å². The highest BCUT2D eigenvalue weighted by Gasteiger charge is 2.16. The van der Waals surface area contributed by atoms with Gasteiger partial charge < -0.3 is 10.1 Å². The van der Waals surface area contributed by atoms with E-state index in [9.17, 15) is 0 Å². The third-order valence-corrected chi connectivity index (χ3v) is 2.86. The number of nitrogens with one attached hydrogen (secondary N) is 2. The van der Waals surface area contributed by atoms with Crippen LogP contribution in [0.1, 0.15) is 12.8 Å². The molecular weight excluding hydrogens is 204 g/mol. The number of nitrogens with zero attached hydrogens (tertiary/aromatic N) is 2. The standard InChI is InChI=1S/C11H14N4O/c1-4-9-11(14-15-13-9)10(5-1)16-8-3-2-6-12-7-8/h1,4-5,8,12H,2-3,6-7H2,(H,13,14,15). The van der Waals surface area contributed by atoms with Crippen molar-refractivity contribution < 1.29 is 4.74 Å². The number of benzene rings is 1. The minimum atomic E-state index is 0.246. The smallest absolute Gasteiger partial charge is 0.154 e. The van der Waals surface area contributed by atoms with Crippen LogP contribution >= 0.6 is 0 Å². The van der Waals surface area contributed by atoms with Gasteiger partial charge in [0.25, 0.3) is 0 Å². The Bertz CT molecular complexity index is 476. The molecule has 84 valence electrons. The zero-order valence-electron chi connectivity index (χ0n) is 8.94. The van der Waals surface area contributed by atoms with Crippen LogP contribution in [0.4, 0.5) is 0 Å². The number of fused-ring (bicyclic) bond motifs is 1. The van der Waals surface area contributed by atoms with Gasteiger partial charge in [0.15, 0.2) is 5.52 Å². The predicted molar refractivity (Wildman–Crippen MR) is 60.4 cm³/mol. The van der Waals surface area contributed by atoms with Crippen LogP contribution in [0.5, 0.6) is 5.75 Å². The summed E-state index contributed by atoms with van der Waals surface area (Å²) < 4.78 is 5.94. The van der Waals surface area contributed by atoms with Gasteiger partial charge in [-0.05, 0) is 31.5 Å². The Labute approximate surface area is 93.2 Å². The molecule has 0 radical (unpaired) electrons. The summed E-state index contributed by atoms with van der Waals surface area (Å²) in [6.07, 6.45) is 2.51. The van der Waals surface area contributed by atoms with E-state index in [1.807, 2.05) is 18.2 Å². The number of rotatable bonds is 2. The third kappa shape index (κ3) is 1.74. The largest absolute Gasteiger partial charge is 0.487 e. The molecule has 5 nitrogen and oxygen atoms in total. The van der Waals surface area contributed by atoms with Crippen LogP contribution in [0.15, 0.2) is 18.2 Å². The van der Waals surface area contributed by atoms with Gasteiger partial charge in [-0.2, -0.15) is 15.4 Å². The summed E-state index contributed by atoms with van der Waals surface area (Å²) >= 11 is 0. The van der Waals surface area contributed by atoms with Crippen LogP contribution in [-0.4, -0.2) is 34.6 Å². The molecule has 2 N–H and O–H groups in total. The quantitative estimate of drug-likeness (QED) is 0.792. The van der Waals surface area contributed by atoms with Gasteiger partial charge in [0.05, 0.1) is 0 Å². The van der Waals surface area contributed by atoms with E-state index in [0.717, 1.165) is 36.3 Å². The van der Waals surface area contributed by atoms with Crippen LogP contribution in [0.2, 0.25) is 0 Å². The van der Waals surface area contributed by atoms with Gasteiger partial charge in [0.2, 0.25) is 0 Å². The van der Waals surface area contributed by atoms with E-state index in [1.54, 1.807) is 0 Å². The molecule has 2 heterocycles. The number of aromatic nitrogens is 3. The molecule has 1 aromatic carbocycles. The topological polar surface area (TPSA) is 62.8 Å². The zero-order valence-corrected chi connectivity index (χ0v) is 8.94. The highest BCUT2D eigenvalue weighted by Crippen LogP contribution is 2.23. The van der Waals surface area contributed by atoms with E-state index >= 15 is 0 Å². The lowest BCUT2D eigenvalue weighted by Gasteiger charge is -2.23. The Morgan fingerprint density at radius 2 is 2.31 bits per heavy atom. The summed E-state index contributed by atoms with van der Waals surface area (Å²) in [5, 5.41) is 14.1. The predicted octanol–water partition coefficient (Wildman–Crippen LogP) is 1.09. The maximum Gasteiger partial charge on any atom is 0.154 e. The normalized spacial score (nSPS) is 21.1. The van der Waals surface area contributed by atoms with Crippen LogP contribution in [0.25, 0.3) is 11.0 Å². The number of aromatic amines is 1. The van der Waals surface area contributed by atoms with E-state index in [4.69, 9.17) is 4.74 Å². The van der Waals surface area contributed by atoms with Gasteiger partial charge >= 0.3 is 0 Å². The molecule has 0 saturated carbocycles. The Morgan fingerprint density at radius 3 is 3.19 bits per heavy atom. The van der Waals surface area contributed by atoms with Crippen LogP contribution in [-0.2, 0) is 0 Å². The van der Waals surface area contributed by atoms with Crippen molar-refractivity contribution in [2.24, 2.45) is 0 Å². The number of H-pyrrole nitrogens is 1. The molecule has 1 saturated heterocycles. The highest BCUT2D eigenvalue weighted by molar-refractivity contribution is 5.80. The van der Waals surface area contributed by atoms with Crippen molar-refractivity contribution in [2.75, 3.05) is 13.1 Å². The maximum absolute atomic E-state index is 5.94. The Hall–Kier alpha value is -1.62. The van der Waals surface area contributed by atoms with Crippen LogP contribution in [0, 0.1) is 0 Å². The molecular formula is C11H14N4O. The average Bonchev–Trinajstić information content (AvgIpc) is 2.80. The van der Waals surface area contributed by atoms with Gasteiger partial charge in [-0.1, -0.05) is 6.07 Å². The van der Waals surface area contributed by atoms with E-state index in [-0.39, 0.29) is 6.10 Å². The van der Waals surface area contributed by atoms with Gasteiger partial charge in [-0.3, -0.25) is 0 Å². The summed E-state index contributed by atoms with van der Waals surface area (Å²) in [5.41, 5.74) is 1.66. The minimum Gasteiger partial charge on any atom is -0.487 e. The third-order valence-electron chi connectivity index (χ3n) is 2.86. The second-order valence-electron chi connectivity index (χ2n) is 4.03. The second kappa shape index (κ2) is 4.09. The first-order chi connectivity index (χ1) is 7.93. The highest BCUT2D eigenvalue weighted by atomic mass is 16.5. The summed E-state index contributed by atoms with van der Waals surface area (Å²) in [7, 11) is 0. The number of hydrogen-bond donors (Lipinski definition) is 2. The van der Waals surface area contributed by atoms with Gasteiger partial charge in [-0.15, -0.1) is 0 Å².